The maximum atomic E-state index is 5.03. The van der Waals surface area contributed by atoms with Crippen LogP contribution >= 0.6 is 7.51 Å². The van der Waals surface area contributed by atoms with Gasteiger partial charge in [-0.2, -0.15) is 0 Å². The summed E-state index contributed by atoms with van der Waals surface area (Å²) in [6, 6.07) is 0. The number of hydrogen-bond acceptors (Lipinski definition) is 1. The molecule has 0 saturated carbocycles. The molecule has 0 bridgehead atoms. The first-order chi connectivity index (χ1) is 6.54. The van der Waals surface area contributed by atoms with Crippen LogP contribution in [0.2, 0.25) is 0 Å². The quantitative estimate of drug-likeness (QED) is 0.700. The lowest BCUT2D eigenvalue weighted by atomic mass is 10.1. The van der Waals surface area contributed by atoms with Gasteiger partial charge in [0.1, 0.15) is 0 Å². The molecule has 0 N–H and O–H groups in total. The molecule has 0 spiro atoms. The highest BCUT2D eigenvalue weighted by molar-refractivity contribution is 7.59. The second kappa shape index (κ2) is 4.96. The predicted molar refractivity (Wildman–Crippen MR) is 70.2 cm³/mol. The SMILES string of the molecule is CN(C)P(=NC(C)(C)C)(N(C)C)N(C)C. The van der Waals surface area contributed by atoms with Gasteiger partial charge in [-0.25, -0.2) is 0 Å². The number of nitrogens with zero attached hydrogens (tertiary/aromatic N) is 4. The lowest BCUT2D eigenvalue weighted by Gasteiger charge is -2.43. The summed E-state index contributed by atoms with van der Waals surface area (Å²) in [4.78, 5) is 0. The molecule has 0 saturated heterocycles. The third-order valence-electron chi connectivity index (χ3n) is 2.04. The van der Waals surface area contributed by atoms with Crippen molar-refractivity contribution in [3.8, 4) is 0 Å². The zero-order chi connectivity index (χ0) is 12.4. The number of hydrogen-bond donors (Lipinski definition) is 0. The summed E-state index contributed by atoms with van der Waals surface area (Å²) in [6.07, 6.45) is 0. The van der Waals surface area contributed by atoms with Crippen LogP contribution in [0.5, 0.6) is 0 Å². The van der Waals surface area contributed by atoms with E-state index >= 15 is 0 Å². The molecular formula is C10H27N4P. The van der Waals surface area contributed by atoms with E-state index in [0.717, 1.165) is 0 Å². The van der Waals surface area contributed by atoms with Crippen LogP contribution in [0.1, 0.15) is 20.8 Å². The third kappa shape index (κ3) is 3.56. The molecule has 0 rings (SSSR count). The van der Waals surface area contributed by atoms with Gasteiger partial charge in [-0.3, -0.25) is 18.8 Å². The van der Waals surface area contributed by atoms with Crippen molar-refractivity contribution in [2.24, 2.45) is 4.74 Å². The second-order valence-corrected chi connectivity index (χ2v) is 9.02. The molecule has 0 unspecified atom stereocenters. The largest absolute Gasteiger partial charge is 0.255 e. The van der Waals surface area contributed by atoms with Crippen LogP contribution in [0.15, 0.2) is 4.74 Å². The molecule has 0 aliphatic heterocycles. The first kappa shape index (κ1) is 15.1. The molecule has 15 heavy (non-hydrogen) atoms. The van der Waals surface area contributed by atoms with E-state index in [1.165, 1.54) is 0 Å². The van der Waals surface area contributed by atoms with Crippen LogP contribution in [0.4, 0.5) is 0 Å². The van der Waals surface area contributed by atoms with Gasteiger partial charge in [0.2, 0.25) is 0 Å². The Hall–Kier alpha value is 0.110. The first-order valence-electron chi connectivity index (χ1n) is 5.21. The van der Waals surface area contributed by atoms with Crippen LogP contribution in [0, 0.1) is 0 Å². The minimum atomic E-state index is -1.71. The van der Waals surface area contributed by atoms with E-state index in [2.05, 4.69) is 77.1 Å². The van der Waals surface area contributed by atoms with Crippen LogP contribution < -0.4 is 0 Å². The monoisotopic (exact) mass is 234 g/mol. The van der Waals surface area contributed by atoms with Crippen molar-refractivity contribution in [3.63, 3.8) is 0 Å². The van der Waals surface area contributed by atoms with Gasteiger partial charge >= 0.3 is 0 Å². The van der Waals surface area contributed by atoms with E-state index in [-0.39, 0.29) is 5.54 Å². The third-order valence-corrected chi connectivity index (χ3v) is 6.13. The average Bonchev–Trinajstić information content (AvgIpc) is 1.96. The van der Waals surface area contributed by atoms with Gasteiger partial charge < -0.3 is 0 Å². The fourth-order valence-corrected chi connectivity index (χ4v) is 5.23. The smallest absolute Gasteiger partial charge is 0.166 e. The summed E-state index contributed by atoms with van der Waals surface area (Å²) in [7, 11) is 10.9. The van der Waals surface area contributed by atoms with Gasteiger partial charge in [0.25, 0.3) is 0 Å². The predicted octanol–water partition coefficient (Wildman–Crippen LogP) is 2.42. The van der Waals surface area contributed by atoms with Crippen molar-refractivity contribution in [1.29, 1.82) is 0 Å². The average molecular weight is 234 g/mol. The van der Waals surface area contributed by atoms with Crippen LogP contribution in [-0.4, -0.2) is 61.8 Å². The van der Waals surface area contributed by atoms with Gasteiger partial charge in [0.15, 0.2) is 7.51 Å². The lowest BCUT2D eigenvalue weighted by molar-refractivity contribution is 0.454. The molecule has 0 atom stereocenters. The standard InChI is InChI=1S/C10H27N4P/c1-10(2,3)11-15(12(4)5,13(6)7)14(8)9/h1-9H3. The molecule has 92 valence electrons. The van der Waals surface area contributed by atoms with Gasteiger partial charge in [0.05, 0.1) is 5.54 Å². The lowest BCUT2D eigenvalue weighted by Crippen LogP contribution is -2.32. The van der Waals surface area contributed by atoms with E-state index in [9.17, 15) is 0 Å². The maximum Gasteiger partial charge on any atom is 0.166 e. The van der Waals surface area contributed by atoms with Crippen molar-refractivity contribution < 1.29 is 0 Å². The highest BCUT2D eigenvalue weighted by Gasteiger charge is 2.30. The first-order valence-corrected chi connectivity index (χ1v) is 6.81. The number of rotatable bonds is 3. The van der Waals surface area contributed by atoms with Crippen molar-refractivity contribution >= 4 is 7.51 Å². The molecule has 0 fully saturated rings. The van der Waals surface area contributed by atoms with E-state index in [4.69, 9.17) is 4.74 Å². The fourth-order valence-electron chi connectivity index (χ4n) is 1.74. The van der Waals surface area contributed by atoms with Gasteiger partial charge in [0, 0.05) is 0 Å². The Kier molecular flexibility index (Phi) is 5.00. The minimum Gasteiger partial charge on any atom is -0.255 e. The Morgan fingerprint density at radius 2 is 1.00 bits per heavy atom. The zero-order valence-electron chi connectivity index (χ0n) is 11.7. The van der Waals surface area contributed by atoms with E-state index in [1.54, 1.807) is 0 Å². The summed E-state index contributed by atoms with van der Waals surface area (Å²) < 4.78 is 11.7. The Labute approximate surface area is 95.5 Å². The molecule has 0 amide bonds. The van der Waals surface area contributed by atoms with Gasteiger partial charge in [-0.05, 0) is 63.1 Å². The highest BCUT2D eigenvalue weighted by Crippen LogP contribution is 2.56. The Bertz CT molecular complexity index is 222. The summed E-state index contributed by atoms with van der Waals surface area (Å²) in [5.41, 5.74) is -0.0212. The zero-order valence-corrected chi connectivity index (χ0v) is 12.6. The molecule has 0 heterocycles. The summed E-state index contributed by atoms with van der Waals surface area (Å²) in [5, 5.41) is 0. The van der Waals surface area contributed by atoms with E-state index in [1.807, 2.05) is 0 Å². The van der Waals surface area contributed by atoms with Crippen LogP contribution in [-0.2, 0) is 0 Å². The molecule has 0 radical (unpaired) electrons. The maximum absolute atomic E-state index is 5.03. The molecular weight excluding hydrogens is 207 g/mol. The Morgan fingerprint density at radius 3 is 1.07 bits per heavy atom. The van der Waals surface area contributed by atoms with Crippen LogP contribution in [0.25, 0.3) is 0 Å². The summed E-state index contributed by atoms with van der Waals surface area (Å²) >= 11 is 0. The Morgan fingerprint density at radius 1 is 0.733 bits per heavy atom. The molecule has 0 aliphatic carbocycles. The van der Waals surface area contributed by atoms with E-state index in [0.29, 0.717) is 0 Å². The molecule has 5 heteroatoms. The fraction of sp³-hybridized carbons (Fsp3) is 1.00. The molecule has 4 nitrogen and oxygen atoms in total. The summed E-state index contributed by atoms with van der Waals surface area (Å²) in [6.45, 7) is 6.45. The second-order valence-electron chi connectivity index (χ2n) is 5.35. The molecule has 0 aromatic carbocycles. The van der Waals surface area contributed by atoms with Crippen molar-refractivity contribution in [1.82, 2.24) is 14.0 Å². The Balaban J connectivity index is 5.65. The van der Waals surface area contributed by atoms with Crippen molar-refractivity contribution in [2.45, 2.75) is 26.3 Å². The van der Waals surface area contributed by atoms with Crippen molar-refractivity contribution in [3.05, 3.63) is 0 Å². The van der Waals surface area contributed by atoms with E-state index < -0.39 is 7.51 Å². The molecule has 0 aromatic heterocycles. The highest BCUT2D eigenvalue weighted by atomic mass is 31.2. The van der Waals surface area contributed by atoms with Gasteiger partial charge in [-0.1, -0.05) is 0 Å². The topological polar surface area (TPSA) is 22.1 Å². The molecule has 0 aliphatic rings. The van der Waals surface area contributed by atoms with Crippen molar-refractivity contribution in [2.75, 3.05) is 42.3 Å². The minimum absolute atomic E-state index is 0.0212. The molecule has 0 aromatic rings. The van der Waals surface area contributed by atoms with Gasteiger partial charge in [-0.15, -0.1) is 0 Å². The normalized spacial score (nSPS) is 14.1. The summed E-state index contributed by atoms with van der Waals surface area (Å²) in [5.74, 6) is 0. The van der Waals surface area contributed by atoms with Crippen LogP contribution in [0.3, 0.4) is 0 Å².